The van der Waals surface area contributed by atoms with Crippen LogP contribution in [0.25, 0.3) is 43.6 Å². The third-order valence-electron chi connectivity index (χ3n) is 8.03. The van der Waals surface area contributed by atoms with Crippen molar-refractivity contribution in [2.45, 2.75) is 55.0 Å². The predicted molar refractivity (Wildman–Crippen MR) is 158 cm³/mol. The van der Waals surface area contributed by atoms with E-state index in [1.807, 2.05) is 30.3 Å². The second kappa shape index (κ2) is 10.1. The third kappa shape index (κ3) is 4.76. The summed E-state index contributed by atoms with van der Waals surface area (Å²) < 4.78 is 48.6. The first kappa shape index (κ1) is 26.4. The van der Waals surface area contributed by atoms with Crippen LogP contribution in [0.1, 0.15) is 53.3 Å². The Morgan fingerprint density at radius 3 is 2.68 bits per heavy atom. The molecule has 0 radical (unpaired) electrons. The van der Waals surface area contributed by atoms with E-state index >= 15 is 0 Å². The molecule has 4 heterocycles. The van der Waals surface area contributed by atoms with Gasteiger partial charge in [-0.05, 0) is 78.5 Å². The summed E-state index contributed by atoms with van der Waals surface area (Å²) in [6.07, 6.45) is 5.82. The Bertz CT molecular complexity index is 1820. The van der Waals surface area contributed by atoms with E-state index in [4.69, 9.17) is 15.5 Å². The molecule has 41 heavy (non-hydrogen) atoms. The molecule has 0 spiro atoms. The molecular weight excluding hydrogens is 567 g/mol. The quantitative estimate of drug-likeness (QED) is 0.212. The second-order valence-electron chi connectivity index (χ2n) is 10.6. The van der Waals surface area contributed by atoms with Crippen molar-refractivity contribution in [2.75, 3.05) is 6.61 Å². The maximum Gasteiger partial charge on any atom is 0.446 e. The number of hydrogen-bond acceptors (Lipinski definition) is 5. The Hall–Kier alpha value is -3.50. The first-order valence-corrected chi connectivity index (χ1v) is 15.3. The van der Waals surface area contributed by atoms with E-state index in [2.05, 4.69) is 4.57 Å². The SMILES string of the molecule is NC(=O)c1cc2c(s1)c(C1CCCCC1)c1n2CCOc2c-1ccc1nc(-c3cccc(SC(F)(F)F)c3)ccc21. The van der Waals surface area contributed by atoms with E-state index in [-0.39, 0.29) is 16.7 Å². The van der Waals surface area contributed by atoms with Crippen LogP contribution in [-0.2, 0) is 6.54 Å². The molecular formula is C31H26F3N3O2S2. The van der Waals surface area contributed by atoms with E-state index in [9.17, 15) is 18.0 Å². The highest BCUT2D eigenvalue weighted by molar-refractivity contribution is 8.00. The summed E-state index contributed by atoms with van der Waals surface area (Å²) in [7, 11) is 0. The number of thiophene rings is 1. The van der Waals surface area contributed by atoms with Gasteiger partial charge in [-0.15, -0.1) is 11.3 Å². The Morgan fingerprint density at radius 1 is 1.07 bits per heavy atom. The fraction of sp³-hybridized carbons (Fsp3) is 0.290. The van der Waals surface area contributed by atoms with Crippen LogP contribution in [0.5, 0.6) is 5.75 Å². The average molecular weight is 594 g/mol. The number of nitrogens with zero attached hydrogens (tertiary/aromatic N) is 2. The number of halogens is 3. The zero-order valence-electron chi connectivity index (χ0n) is 22.0. The fourth-order valence-corrected chi connectivity index (χ4v) is 8.07. The number of alkyl halides is 3. The minimum atomic E-state index is -4.35. The number of amides is 1. The van der Waals surface area contributed by atoms with Crippen molar-refractivity contribution in [2.24, 2.45) is 5.73 Å². The summed E-state index contributed by atoms with van der Waals surface area (Å²) in [5.41, 5.74) is 7.72. The van der Waals surface area contributed by atoms with Crippen molar-refractivity contribution in [1.29, 1.82) is 0 Å². The lowest BCUT2D eigenvalue weighted by molar-refractivity contribution is -0.0328. The second-order valence-corrected chi connectivity index (χ2v) is 12.8. The monoisotopic (exact) mass is 593 g/mol. The fourth-order valence-electron chi connectivity index (χ4n) is 6.33. The molecule has 1 aliphatic heterocycles. The van der Waals surface area contributed by atoms with Gasteiger partial charge in [0.1, 0.15) is 12.4 Å². The Balaban J connectivity index is 1.37. The van der Waals surface area contributed by atoms with E-state index < -0.39 is 11.4 Å². The number of primary amides is 1. The molecule has 0 bridgehead atoms. The lowest BCUT2D eigenvalue weighted by Crippen LogP contribution is -2.09. The summed E-state index contributed by atoms with van der Waals surface area (Å²) in [6.45, 7) is 1.09. The summed E-state index contributed by atoms with van der Waals surface area (Å²) in [5, 5.41) is 0.859. The molecule has 0 saturated heterocycles. The molecule has 1 fully saturated rings. The highest BCUT2D eigenvalue weighted by Gasteiger charge is 2.32. The topological polar surface area (TPSA) is 70.1 Å². The van der Waals surface area contributed by atoms with Gasteiger partial charge in [-0.25, -0.2) is 4.98 Å². The molecule has 210 valence electrons. The van der Waals surface area contributed by atoms with E-state index in [0.29, 0.717) is 40.7 Å². The zero-order chi connectivity index (χ0) is 28.3. The first-order chi connectivity index (χ1) is 19.8. The van der Waals surface area contributed by atoms with E-state index in [0.717, 1.165) is 45.5 Å². The maximum absolute atomic E-state index is 12.9. The molecule has 2 aliphatic rings. The van der Waals surface area contributed by atoms with Crippen molar-refractivity contribution >= 4 is 50.1 Å². The molecule has 1 saturated carbocycles. The summed E-state index contributed by atoms with van der Waals surface area (Å²) in [6, 6.07) is 16.1. The van der Waals surface area contributed by atoms with Gasteiger partial charge < -0.3 is 15.0 Å². The van der Waals surface area contributed by atoms with Gasteiger partial charge >= 0.3 is 5.51 Å². The number of ether oxygens (including phenoxy) is 1. The molecule has 1 aliphatic carbocycles. The van der Waals surface area contributed by atoms with Crippen LogP contribution < -0.4 is 10.5 Å². The normalized spacial score (nSPS) is 15.9. The highest BCUT2D eigenvalue weighted by atomic mass is 32.2. The van der Waals surface area contributed by atoms with Crippen molar-refractivity contribution < 1.29 is 22.7 Å². The van der Waals surface area contributed by atoms with E-state index in [1.165, 1.54) is 48.3 Å². The van der Waals surface area contributed by atoms with Crippen LogP contribution in [-0.4, -0.2) is 27.6 Å². The van der Waals surface area contributed by atoms with Crippen LogP contribution in [0.3, 0.4) is 0 Å². The van der Waals surface area contributed by atoms with Gasteiger partial charge in [-0.1, -0.05) is 31.4 Å². The molecule has 5 aromatic rings. The zero-order valence-corrected chi connectivity index (χ0v) is 23.6. The Kier molecular flexibility index (Phi) is 6.50. The molecule has 10 heteroatoms. The number of carbonyl (C=O) groups is 1. The van der Waals surface area contributed by atoms with Crippen LogP contribution >= 0.6 is 23.1 Å². The number of aromatic nitrogens is 2. The largest absolute Gasteiger partial charge is 0.490 e. The number of benzene rings is 2. The van der Waals surface area contributed by atoms with E-state index in [1.54, 1.807) is 12.1 Å². The van der Waals surface area contributed by atoms with Gasteiger partial charge in [-0.3, -0.25) is 4.79 Å². The predicted octanol–water partition coefficient (Wildman–Crippen LogP) is 8.74. The molecule has 0 unspecified atom stereocenters. The Labute approximate surface area is 242 Å². The molecule has 0 atom stereocenters. The molecule has 2 N–H and O–H groups in total. The number of rotatable bonds is 4. The minimum Gasteiger partial charge on any atom is -0.490 e. The van der Waals surface area contributed by atoms with Crippen LogP contribution in [0, 0.1) is 0 Å². The van der Waals surface area contributed by atoms with Crippen molar-refractivity contribution in [3.63, 3.8) is 0 Å². The van der Waals surface area contributed by atoms with Crippen molar-refractivity contribution in [1.82, 2.24) is 9.55 Å². The van der Waals surface area contributed by atoms with Gasteiger partial charge in [0.2, 0.25) is 0 Å². The summed E-state index contributed by atoms with van der Waals surface area (Å²) in [4.78, 5) is 17.6. The highest BCUT2D eigenvalue weighted by Crippen LogP contribution is 2.50. The number of hydrogen-bond donors (Lipinski definition) is 1. The van der Waals surface area contributed by atoms with Gasteiger partial charge in [0.25, 0.3) is 5.91 Å². The Morgan fingerprint density at radius 2 is 1.90 bits per heavy atom. The smallest absolute Gasteiger partial charge is 0.446 e. The van der Waals surface area contributed by atoms with Gasteiger partial charge in [-0.2, -0.15) is 13.2 Å². The molecule has 5 nitrogen and oxygen atoms in total. The van der Waals surface area contributed by atoms with Crippen LogP contribution in [0.4, 0.5) is 13.2 Å². The molecule has 7 rings (SSSR count). The van der Waals surface area contributed by atoms with Gasteiger partial charge in [0, 0.05) is 21.4 Å². The van der Waals surface area contributed by atoms with Crippen LogP contribution in [0.2, 0.25) is 0 Å². The number of nitrogens with two attached hydrogens (primary N) is 1. The number of carbonyl (C=O) groups excluding carboxylic acids is 1. The standard InChI is InChI=1S/C31H26F3N3O2S2/c32-31(33,34)41-19-8-4-7-18(15-19)22-11-9-20-23(36-22)12-10-21-27-26(17-5-2-1-3-6-17)29-24(16-25(40-29)30(35)38)37(27)13-14-39-28(20)21/h4,7-12,15-17H,1-3,5-6,13-14H2,(H2,35,38). The third-order valence-corrected chi connectivity index (χ3v) is 9.92. The maximum atomic E-state index is 12.9. The average Bonchev–Trinajstić information content (AvgIpc) is 3.44. The molecule has 2 aromatic carbocycles. The van der Waals surface area contributed by atoms with Crippen molar-refractivity contribution in [3.8, 4) is 28.3 Å². The van der Waals surface area contributed by atoms with Gasteiger partial charge in [0.15, 0.2) is 0 Å². The molecule has 3 aromatic heterocycles. The summed E-state index contributed by atoms with van der Waals surface area (Å²) in [5.74, 6) is 0.751. The van der Waals surface area contributed by atoms with Crippen molar-refractivity contribution in [3.05, 3.63) is 65.0 Å². The lowest BCUT2D eigenvalue weighted by atomic mass is 9.83. The minimum absolute atomic E-state index is 0.123. The van der Waals surface area contributed by atoms with Crippen LogP contribution in [0.15, 0.2) is 59.5 Å². The number of fused-ring (bicyclic) bond motifs is 7. The first-order valence-electron chi connectivity index (χ1n) is 13.7. The van der Waals surface area contributed by atoms with Gasteiger partial charge in [0.05, 0.1) is 38.5 Å². The number of pyridine rings is 1. The molecule has 1 amide bonds. The summed E-state index contributed by atoms with van der Waals surface area (Å²) >= 11 is 1.36. The lowest BCUT2D eigenvalue weighted by Gasteiger charge is -2.23. The number of thioether (sulfide) groups is 1.